The molecule has 21 heavy (non-hydrogen) atoms. The van der Waals surface area contributed by atoms with E-state index in [9.17, 15) is 0 Å². The van der Waals surface area contributed by atoms with Crippen LogP contribution in [0.2, 0.25) is 0 Å². The highest BCUT2D eigenvalue weighted by molar-refractivity contribution is 5.70. The van der Waals surface area contributed by atoms with Crippen molar-refractivity contribution in [1.82, 2.24) is 10.3 Å². The van der Waals surface area contributed by atoms with Crippen LogP contribution in [0.25, 0.3) is 0 Å². The molecule has 2 aromatic rings. The Morgan fingerprint density at radius 3 is 2.95 bits per heavy atom. The van der Waals surface area contributed by atoms with E-state index < -0.39 is 0 Å². The molecule has 1 aromatic carbocycles. The number of fused-ring (bicyclic) bond motifs is 1. The smallest absolute Gasteiger partial charge is 0.137 e. The van der Waals surface area contributed by atoms with Crippen LogP contribution in [-0.2, 0) is 13.0 Å². The molecular formula is C18H23N3. The normalized spacial score (nSPS) is 17.0. The third-order valence-corrected chi connectivity index (χ3v) is 4.05. The molecule has 0 spiro atoms. The average molecular weight is 281 g/mol. The Kier molecular flexibility index (Phi) is 4.20. The van der Waals surface area contributed by atoms with Gasteiger partial charge in [-0.25, -0.2) is 4.98 Å². The van der Waals surface area contributed by atoms with Crippen LogP contribution in [-0.4, -0.2) is 17.6 Å². The van der Waals surface area contributed by atoms with E-state index in [-0.39, 0.29) is 0 Å². The molecule has 3 nitrogen and oxygen atoms in total. The molecule has 0 amide bonds. The van der Waals surface area contributed by atoms with Crippen LogP contribution in [0, 0.1) is 0 Å². The van der Waals surface area contributed by atoms with Gasteiger partial charge in [0, 0.05) is 30.0 Å². The molecule has 0 fully saturated rings. The first-order valence-corrected chi connectivity index (χ1v) is 7.83. The number of nitrogens with one attached hydrogen (secondary N) is 1. The first kappa shape index (κ1) is 14.1. The van der Waals surface area contributed by atoms with Gasteiger partial charge in [0.2, 0.25) is 0 Å². The van der Waals surface area contributed by atoms with Gasteiger partial charge in [-0.15, -0.1) is 0 Å². The predicted molar refractivity (Wildman–Crippen MR) is 88.0 cm³/mol. The highest BCUT2D eigenvalue weighted by Gasteiger charge is 2.28. The van der Waals surface area contributed by atoms with Crippen LogP contribution in [0.1, 0.15) is 31.4 Å². The summed E-state index contributed by atoms with van der Waals surface area (Å²) in [6.45, 7) is 6.39. The summed E-state index contributed by atoms with van der Waals surface area (Å²) in [5.74, 6) is 1.10. The summed E-state index contributed by atoms with van der Waals surface area (Å²) in [4.78, 5) is 7.06. The third kappa shape index (κ3) is 2.79. The number of rotatable bonds is 5. The van der Waals surface area contributed by atoms with E-state index in [4.69, 9.17) is 0 Å². The molecule has 1 N–H and O–H groups in total. The van der Waals surface area contributed by atoms with Crippen LogP contribution < -0.4 is 10.2 Å². The van der Waals surface area contributed by atoms with E-state index in [0.717, 1.165) is 31.7 Å². The molecule has 1 aliphatic rings. The zero-order chi connectivity index (χ0) is 14.7. The lowest BCUT2D eigenvalue weighted by Crippen LogP contribution is -2.27. The standard InChI is InChI=1S/C18H23N3/c1-3-10-19-13-16-8-6-11-20-18(16)21-14(2)12-15-7-4-5-9-17(15)21/h4-9,11,14,19H,3,10,12-13H2,1-2H3. The van der Waals surface area contributed by atoms with E-state index in [1.165, 1.54) is 16.8 Å². The number of hydrogen-bond acceptors (Lipinski definition) is 3. The SMILES string of the molecule is CCCNCc1cccnc1N1c2ccccc2CC1C. The molecule has 0 radical (unpaired) electrons. The molecule has 3 heteroatoms. The Morgan fingerprint density at radius 1 is 1.24 bits per heavy atom. The highest BCUT2D eigenvalue weighted by Crippen LogP contribution is 2.38. The second-order valence-electron chi connectivity index (χ2n) is 5.71. The Balaban J connectivity index is 1.93. The van der Waals surface area contributed by atoms with Gasteiger partial charge in [-0.05, 0) is 44.0 Å². The van der Waals surface area contributed by atoms with Crippen LogP contribution >= 0.6 is 0 Å². The first-order chi connectivity index (χ1) is 10.3. The van der Waals surface area contributed by atoms with E-state index in [2.05, 4.69) is 59.4 Å². The maximum absolute atomic E-state index is 4.67. The summed E-state index contributed by atoms with van der Waals surface area (Å²) in [5.41, 5.74) is 4.00. The predicted octanol–water partition coefficient (Wildman–Crippen LogP) is 3.66. The van der Waals surface area contributed by atoms with Crippen LogP contribution in [0.5, 0.6) is 0 Å². The average Bonchev–Trinajstić information content (AvgIpc) is 2.84. The van der Waals surface area contributed by atoms with Gasteiger partial charge in [-0.1, -0.05) is 31.2 Å². The lowest BCUT2D eigenvalue weighted by Gasteiger charge is -2.26. The zero-order valence-electron chi connectivity index (χ0n) is 12.8. The molecule has 3 rings (SSSR count). The van der Waals surface area contributed by atoms with Crippen molar-refractivity contribution in [3.63, 3.8) is 0 Å². The quantitative estimate of drug-likeness (QED) is 0.848. The molecule has 0 bridgehead atoms. The lowest BCUT2D eigenvalue weighted by molar-refractivity contribution is 0.668. The van der Waals surface area contributed by atoms with Gasteiger partial charge in [0.25, 0.3) is 0 Å². The van der Waals surface area contributed by atoms with Crippen molar-refractivity contribution >= 4 is 11.5 Å². The van der Waals surface area contributed by atoms with Crippen LogP contribution in [0.15, 0.2) is 42.6 Å². The van der Waals surface area contributed by atoms with Crippen molar-refractivity contribution in [2.75, 3.05) is 11.4 Å². The molecule has 110 valence electrons. The molecule has 1 atom stereocenters. The number of para-hydroxylation sites is 1. The fourth-order valence-electron chi connectivity index (χ4n) is 3.07. The number of aromatic nitrogens is 1. The van der Waals surface area contributed by atoms with Gasteiger partial charge in [0.15, 0.2) is 0 Å². The van der Waals surface area contributed by atoms with Gasteiger partial charge < -0.3 is 10.2 Å². The van der Waals surface area contributed by atoms with Gasteiger partial charge in [-0.2, -0.15) is 0 Å². The molecular weight excluding hydrogens is 258 g/mol. The minimum absolute atomic E-state index is 0.460. The molecule has 0 saturated carbocycles. The maximum Gasteiger partial charge on any atom is 0.137 e. The van der Waals surface area contributed by atoms with Crippen LogP contribution in [0.4, 0.5) is 11.5 Å². The van der Waals surface area contributed by atoms with E-state index >= 15 is 0 Å². The van der Waals surface area contributed by atoms with Gasteiger partial charge in [0.1, 0.15) is 5.82 Å². The summed E-state index contributed by atoms with van der Waals surface area (Å²) in [5, 5.41) is 3.49. The fraction of sp³-hybridized carbons (Fsp3) is 0.389. The Hall–Kier alpha value is -1.87. The maximum atomic E-state index is 4.67. The summed E-state index contributed by atoms with van der Waals surface area (Å²) >= 11 is 0. The number of benzene rings is 1. The van der Waals surface area contributed by atoms with Crippen molar-refractivity contribution in [1.29, 1.82) is 0 Å². The van der Waals surface area contributed by atoms with E-state index in [1.807, 2.05) is 12.3 Å². The molecule has 1 aliphatic heterocycles. The van der Waals surface area contributed by atoms with Crippen molar-refractivity contribution in [2.24, 2.45) is 0 Å². The van der Waals surface area contributed by atoms with Gasteiger partial charge in [0.05, 0.1) is 0 Å². The minimum atomic E-state index is 0.460. The van der Waals surface area contributed by atoms with Crippen molar-refractivity contribution in [2.45, 2.75) is 39.3 Å². The summed E-state index contributed by atoms with van der Waals surface area (Å²) in [6, 6.07) is 13.3. The zero-order valence-corrected chi connectivity index (χ0v) is 12.8. The molecule has 0 saturated heterocycles. The van der Waals surface area contributed by atoms with Crippen molar-refractivity contribution in [3.05, 3.63) is 53.7 Å². The van der Waals surface area contributed by atoms with Gasteiger partial charge >= 0.3 is 0 Å². The molecule has 0 aliphatic carbocycles. The minimum Gasteiger partial charge on any atom is -0.323 e. The second-order valence-corrected chi connectivity index (χ2v) is 5.71. The topological polar surface area (TPSA) is 28.2 Å². The molecule has 1 aromatic heterocycles. The third-order valence-electron chi connectivity index (χ3n) is 4.05. The number of anilines is 2. The number of nitrogens with zero attached hydrogens (tertiary/aromatic N) is 2. The van der Waals surface area contributed by atoms with Crippen molar-refractivity contribution in [3.8, 4) is 0 Å². The highest BCUT2D eigenvalue weighted by atomic mass is 15.2. The summed E-state index contributed by atoms with van der Waals surface area (Å²) in [6.07, 6.45) is 4.14. The Bertz CT molecular complexity index is 609. The monoisotopic (exact) mass is 281 g/mol. The second kappa shape index (κ2) is 6.27. The van der Waals surface area contributed by atoms with E-state index in [1.54, 1.807) is 0 Å². The van der Waals surface area contributed by atoms with Crippen LogP contribution in [0.3, 0.4) is 0 Å². The van der Waals surface area contributed by atoms with Crippen molar-refractivity contribution < 1.29 is 0 Å². The number of pyridine rings is 1. The largest absolute Gasteiger partial charge is 0.323 e. The van der Waals surface area contributed by atoms with E-state index in [0.29, 0.717) is 6.04 Å². The van der Waals surface area contributed by atoms with Gasteiger partial charge in [-0.3, -0.25) is 0 Å². The first-order valence-electron chi connectivity index (χ1n) is 7.83. The molecule has 1 unspecified atom stereocenters. The number of hydrogen-bond donors (Lipinski definition) is 1. The Morgan fingerprint density at radius 2 is 2.10 bits per heavy atom. The Labute approximate surface area is 127 Å². The fourth-order valence-corrected chi connectivity index (χ4v) is 3.07. The molecule has 2 heterocycles. The summed E-state index contributed by atoms with van der Waals surface area (Å²) < 4.78 is 0. The summed E-state index contributed by atoms with van der Waals surface area (Å²) in [7, 11) is 0. The lowest BCUT2D eigenvalue weighted by atomic mass is 10.1.